The maximum atomic E-state index is 12.0. The molecule has 0 bridgehead atoms. The highest BCUT2D eigenvalue weighted by molar-refractivity contribution is 5.63. The lowest BCUT2D eigenvalue weighted by Gasteiger charge is -2.45. The van der Waals surface area contributed by atoms with Crippen LogP contribution in [0.2, 0.25) is 0 Å². The molecule has 2 aliphatic rings. The number of aromatic nitrogens is 2. The van der Waals surface area contributed by atoms with Gasteiger partial charge in [-0.1, -0.05) is 0 Å². The zero-order chi connectivity index (χ0) is 16.8. The summed E-state index contributed by atoms with van der Waals surface area (Å²) in [7, 11) is 3.27. The van der Waals surface area contributed by atoms with Crippen molar-refractivity contribution in [1.29, 1.82) is 0 Å². The van der Waals surface area contributed by atoms with Gasteiger partial charge in [0.05, 0.1) is 26.5 Å². The predicted octanol–water partition coefficient (Wildman–Crippen LogP) is 1.67. The molecule has 126 valence electrons. The quantitative estimate of drug-likeness (QED) is 0.903. The summed E-state index contributed by atoms with van der Waals surface area (Å²) in [5, 5.41) is 6.36. The topological polar surface area (TPSA) is 76.7 Å². The molecule has 24 heavy (non-hydrogen) atoms. The molecule has 2 unspecified atom stereocenters. The summed E-state index contributed by atoms with van der Waals surface area (Å²) in [6.07, 6.45) is 2.34. The molecule has 0 saturated carbocycles. The number of hydrogen-bond donors (Lipinski definition) is 1. The summed E-state index contributed by atoms with van der Waals surface area (Å²) in [5.41, 5.74) is 2.79. The minimum atomic E-state index is -0.295. The van der Waals surface area contributed by atoms with E-state index in [4.69, 9.17) is 14.2 Å². The third kappa shape index (κ3) is 2.04. The number of methoxy groups -OCH3 is 2. The Kier molecular flexibility index (Phi) is 3.37. The van der Waals surface area contributed by atoms with Crippen molar-refractivity contribution in [2.75, 3.05) is 25.7 Å². The highest BCUT2D eigenvalue weighted by Gasteiger charge is 2.40. The maximum Gasteiger partial charge on any atom is 0.308 e. The number of benzene rings is 1. The van der Waals surface area contributed by atoms with Crippen LogP contribution in [0.15, 0.2) is 23.1 Å². The van der Waals surface area contributed by atoms with E-state index in [0.717, 1.165) is 30.0 Å². The van der Waals surface area contributed by atoms with Gasteiger partial charge < -0.3 is 19.1 Å². The van der Waals surface area contributed by atoms with Crippen molar-refractivity contribution in [3.63, 3.8) is 0 Å². The first-order valence-corrected chi connectivity index (χ1v) is 7.89. The first-order valence-electron chi connectivity index (χ1n) is 7.89. The molecule has 2 aliphatic heterocycles. The van der Waals surface area contributed by atoms with Gasteiger partial charge in [-0.3, -0.25) is 4.79 Å². The number of hydrogen-bond acceptors (Lipinski definition) is 6. The lowest BCUT2D eigenvalue weighted by Crippen LogP contribution is -2.47. The van der Waals surface area contributed by atoms with Crippen molar-refractivity contribution in [3.8, 4) is 17.2 Å². The van der Waals surface area contributed by atoms with Crippen LogP contribution in [0.25, 0.3) is 0 Å². The fourth-order valence-electron chi connectivity index (χ4n) is 3.70. The number of aromatic amines is 1. The molecule has 3 heterocycles. The molecular weight excluding hydrogens is 310 g/mol. The zero-order valence-electron chi connectivity index (χ0n) is 13.8. The third-order valence-electron chi connectivity index (χ3n) is 4.77. The Bertz CT molecular complexity index is 848. The van der Waals surface area contributed by atoms with E-state index in [-0.39, 0.29) is 17.7 Å². The van der Waals surface area contributed by atoms with Crippen LogP contribution < -0.4 is 24.7 Å². The summed E-state index contributed by atoms with van der Waals surface area (Å²) >= 11 is 0. The van der Waals surface area contributed by atoms with Crippen molar-refractivity contribution in [1.82, 2.24) is 10.2 Å². The minimum Gasteiger partial charge on any atom is -0.493 e. The summed E-state index contributed by atoms with van der Waals surface area (Å²) in [5.74, 6) is 1.77. The Hall–Kier alpha value is -2.70. The van der Waals surface area contributed by atoms with Gasteiger partial charge in [0.15, 0.2) is 11.5 Å². The first kappa shape index (κ1) is 14.9. The number of ether oxygens (including phenoxy) is 3. The average Bonchev–Trinajstić information content (AvgIpc) is 2.61. The lowest BCUT2D eigenvalue weighted by molar-refractivity contribution is 0.162. The van der Waals surface area contributed by atoms with Crippen molar-refractivity contribution in [2.24, 2.45) is 0 Å². The van der Waals surface area contributed by atoms with Gasteiger partial charge in [0.1, 0.15) is 11.8 Å². The van der Waals surface area contributed by atoms with Crippen LogP contribution in [0.4, 0.5) is 5.69 Å². The Morgan fingerprint density at radius 2 is 2.04 bits per heavy atom. The lowest BCUT2D eigenvalue weighted by atomic mass is 9.88. The van der Waals surface area contributed by atoms with Gasteiger partial charge in [-0.2, -0.15) is 5.10 Å². The van der Waals surface area contributed by atoms with Crippen LogP contribution in [0.5, 0.6) is 17.2 Å². The molecule has 7 nitrogen and oxygen atoms in total. The van der Waals surface area contributed by atoms with Crippen LogP contribution >= 0.6 is 0 Å². The highest BCUT2D eigenvalue weighted by Crippen LogP contribution is 2.45. The van der Waals surface area contributed by atoms with Crippen LogP contribution in [-0.4, -0.2) is 37.1 Å². The summed E-state index contributed by atoms with van der Waals surface area (Å²) in [6, 6.07) is 4.05. The van der Waals surface area contributed by atoms with Crippen LogP contribution in [0.3, 0.4) is 0 Å². The van der Waals surface area contributed by atoms with Gasteiger partial charge in [0.2, 0.25) is 5.75 Å². The predicted molar refractivity (Wildman–Crippen MR) is 88.3 cm³/mol. The van der Waals surface area contributed by atoms with Gasteiger partial charge in [-0.05, 0) is 36.6 Å². The van der Waals surface area contributed by atoms with Crippen LogP contribution in [0, 0.1) is 0 Å². The van der Waals surface area contributed by atoms with E-state index in [9.17, 15) is 4.79 Å². The van der Waals surface area contributed by atoms with E-state index in [1.54, 1.807) is 20.4 Å². The number of fused-ring (bicyclic) bond motifs is 5. The van der Waals surface area contributed by atoms with Crippen LogP contribution in [0.1, 0.15) is 24.1 Å². The fraction of sp³-hybridized carbons (Fsp3) is 0.412. The van der Waals surface area contributed by atoms with E-state index < -0.39 is 0 Å². The van der Waals surface area contributed by atoms with Gasteiger partial charge in [0, 0.05) is 6.54 Å². The van der Waals surface area contributed by atoms with Crippen molar-refractivity contribution >= 4 is 5.69 Å². The molecule has 0 amide bonds. The molecule has 7 heteroatoms. The van der Waals surface area contributed by atoms with E-state index in [2.05, 4.69) is 15.1 Å². The molecule has 4 rings (SSSR count). The Morgan fingerprint density at radius 1 is 1.29 bits per heavy atom. The molecule has 0 aliphatic carbocycles. The maximum absolute atomic E-state index is 12.0. The third-order valence-corrected chi connectivity index (χ3v) is 4.77. The smallest absolute Gasteiger partial charge is 0.308 e. The fourth-order valence-corrected chi connectivity index (χ4v) is 3.70. The molecule has 0 radical (unpaired) electrons. The Labute approximate surface area is 139 Å². The molecule has 0 saturated heterocycles. The van der Waals surface area contributed by atoms with Crippen molar-refractivity contribution in [2.45, 2.75) is 25.5 Å². The second kappa shape index (κ2) is 5.43. The molecule has 0 spiro atoms. The molecular formula is C17H19N3O4. The van der Waals surface area contributed by atoms with Gasteiger partial charge in [0.25, 0.3) is 0 Å². The van der Waals surface area contributed by atoms with Gasteiger partial charge in [-0.25, -0.2) is 5.10 Å². The molecule has 0 fully saturated rings. The molecule has 1 aromatic carbocycles. The zero-order valence-corrected chi connectivity index (χ0v) is 13.8. The minimum absolute atomic E-state index is 0.00431. The van der Waals surface area contributed by atoms with E-state index in [1.165, 1.54) is 5.56 Å². The number of nitrogens with zero attached hydrogens (tertiary/aromatic N) is 2. The number of nitrogens with one attached hydrogen (secondary N) is 1. The highest BCUT2D eigenvalue weighted by atomic mass is 16.5. The van der Waals surface area contributed by atoms with E-state index in [0.29, 0.717) is 11.5 Å². The SMILES string of the molecule is COc1cc2c(cc1OC)C1C(C)Oc3c(cn[nH]c3=O)N1CC2. The van der Waals surface area contributed by atoms with Gasteiger partial charge in [-0.15, -0.1) is 0 Å². The number of rotatable bonds is 2. The van der Waals surface area contributed by atoms with Crippen molar-refractivity contribution in [3.05, 3.63) is 39.8 Å². The van der Waals surface area contributed by atoms with E-state index >= 15 is 0 Å². The monoisotopic (exact) mass is 329 g/mol. The second-order valence-corrected chi connectivity index (χ2v) is 6.03. The molecule has 1 N–H and O–H groups in total. The van der Waals surface area contributed by atoms with E-state index in [1.807, 2.05) is 19.1 Å². The Morgan fingerprint density at radius 3 is 2.79 bits per heavy atom. The molecule has 2 aromatic rings. The standard InChI is InChI=1S/C17H19N3O4/c1-9-15-11-7-14(23-3)13(22-2)6-10(11)4-5-20(15)12-8-18-19-17(21)16(12)24-9/h6-9,15H,4-5H2,1-3H3,(H,19,21). The molecule has 2 atom stereocenters. The first-order chi connectivity index (χ1) is 11.6. The largest absolute Gasteiger partial charge is 0.493 e. The average molecular weight is 329 g/mol. The summed E-state index contributed by atoms with van der Waals surface area (Å²) < 4.78 is 16.8. The van der Waals surface area contributed by atoms with Gasteiger partial charge >= 0.3 is 5.56 Å². The summed E-state index contributed by atoms with van der Waals surface area (Å²) in [6.45, 7) is 2.77. The summed E-state index contributed by atoms with van der Waals surface area (Å²) in [4.78, 5) is 14.2. The Balaban J connectivity index is 1.86. The second-order valence-electron chi connectivity index (χ2n) is 6.03. The number of anilines is 1. The van der Waals surface area contributed by atoms with Crippen LogP contribution in [-0.2, 0) is 6.42 Å². The number of H-pyrrole nitrogens is 1. The normalized spacial score (nSPS) is 21.2. The van der Waals surface area contributed by atoms with Crippen molar-refractivity contribution < 1.29 is 14.2 Å². The molecule has 1 aromatic heterocycles.